The second-order valence-corrected chi connectivity index (χ2v) is 8.47. The molecule has 1 amide bonds. The van der Waals surface area contributed by atoms with Crippen LogP contribution in [0.15, 0.2) is 34.7 Å². The molecule has 0 bridgehead atoms. The van der Waals surface area contributed by atoms with Gasteiger partial charge in [0.05, 0.1) is 6.04 Å². The van der Waals surface area contributed by atoms with Gasteiger partial charge in [0.2, 0.25) is 17.7 Å². The second-order valence-electron chi connectivity index (χ2n) is 8.47. The lowest BCUT2D eigenvalue weighted by Crippen LogP contribution is -2.44. The molecule has 4 rings (SSSR count). The van der Waals surface area contributed by atoms with E-state index in [1.807, 2.05) is 23.1 Å². The van der Waals surface area contributed by atoms with E-state index in [1.54, 1.807) is 7.11 Å². The SMILES string of the molecule is COCc1nnc(C2CC3(CCN(C(=O)CCc4ccccc4)CC3)CN2C)o1. The summed E-state index contributed by atoms with van der Waals surface area (Å²) in [6.45, 7) is 3.03. The zero-order valence-corrected chi connectivity index (χ0v) is 17.3. The standard InChI is InChI=1S/C22H30N4O3/c1-25-16-22(14-18(25)21-24-23-19(29-21)15-28-2)10-12-26(13-11-22)20(27)9-8-17-6-4-3-5-7-17/h3-7,18H,8-16H2,1-2H3. The highest BCUT2D eigenvalue weighted by Crippen LogP contribution is 2.48. The fourth-order valence-corrected chi connectivity index (χ4v) is 4.78. The van der Waals surface area contributed by atoms with E-state index < -0.39 is 0 Å². The normalized spacial score (nSPS) is 21.7. The van der Waals surface area contributed by atoms with Gasteiger partial charge in [-0.25, -0.2) is 0 Å². The van der Waals surface area contributed by atoms with Crippen molar-refractivity contribution in [1.29, 1.82) is 0 Å². The van der Waals surface area contributed by atoms with Crippen LogP contribution in [0.25, 0.3) is 0 Å². The Morgan fingerprint density at radius 2 is 2.00 bits per heavy atom. The summed E-state index contributed by atoms with van der Waals surface area (Å²) in [6.07, 6.45) is 4.47. The Bertz CT molecular complexity index is 814. The van der Waals surface area contributed by atoms with Gasteiger partial charge in [-0.2, -0.15) is 0 Å². The van der Waals surface area contributed by atoms with Crippen molar-refractivity contribution >= 4 is 5.91 Å². The number of nitrogens with zero attached hydrogens (tertiary/aromatic N) is 4. The number of carbonyl (C=O) groups excluding carboxylic acids is 1. The first-order valence-corrected chi connectivity index (χ1v) is 10.4. The number of hydrogen-bond donors (Lipinski definition) is 0. The second kappa shape index (κ2) is 8.63. The van der Waals surface area contributed by atoms with Crippen LogP contribution in [-0.4, -0.2) is 59.7 Å². The van der Waals surface area contributed by atoms with Gasteiger partial charge in [0.25, 0.3) is 0 Å². The van der Waals surface area contributed by atoms with Crippen LogP contribution in [0.3, 0.4) is 0 Å². The van der Waals surface area contributed by atoms with Crippen molar-refractivity contribution in [2.75, 3.05) is 33.8 Å². The van der Waals surface area contributed by atoms with Crippen LogP contribution >= 0.6 is 0 Å². The molecule has 0 N–H and O–H groups in total. The summed E-state index contributed by atoms with van der Waals surface area (Å²) in [4.78, 5) is 17.0. The molecule has 1 aromatic carbocycles. The Labute approximate surface area is 172 Å². The predicted molar refractivity (Wildman–Crippen MR) is 108 cm³/mol. The monoisotopic (exact) mass is 398 g/mol. The molecule has 0 aliphatic carbocycles. The smallest absolute Gasteiger partial charge is 0.242 e. The van der Waals surface area contributed by atoms with E-state index >= 15 is 0 Å². The van der Waals surface area contributed by atoms with Crippen LogP contribution < -0.4 is 0 Å². The van der Waals surface area contributed by atoms with Gasteiger partial charge in [0.15, 0.2) is 0 Å². The molecule has 2 aromatic rings. The zero-order chi connectivity index (χ0) is 20.3. The van der Waals surface area contributed by atoms with Crippen molar-refractivity contribution in [2.45, 2.75) is 44.8 Å². The third-order valence-corrected chi connectivity index (χ3v) is 6.43. The Morgan fingerprint density at radius 3 is 2.72 bits per heavy atom. The lowest BCUT2D eigenvalue weighted by molar-refractivity contribution is -0.133. The van der Waals surface area contributed by atoms with E-state index in [0.29, 0.717) is 24.8 Å². The molecule has 0 radical (unpaired) electrons. The molecular weight excluding hydrogens is 368 g/mol. The number of rotatable bonds is 6. The quantitative estimate of drug-likeness (QED) is 0.745. The van der Waals surface area contributed by atoms with Crippen LogP contribution in [0.2, 0.25) is 0 Å². The molecular formula is C22H30N4O3. The van der Waals surface area contributed by atoms with Crippen molar-refractivity contribution in [3.63, 3.8) is 0 Å². The van der Waals surface area contributed by atoms with E-state index in [-0.39, 0.29) is 17.4 Å². The maximum Gasteiger partial charge on any atom is 0.242 e. The van der Waals surface area contributed by atoms with Crippen molar-refractivity contribution in [2.24, 2.45) is 5.41 Å². The lowest BCUT2D eigenvalue weighted by Gasteiger charge is -2.39. The van der Waals surface area contributed by atoms with E-state index in [1.165, 1.54) is 5.56 Å². The molecule has 7 heteroatoms. The van der Waals surface area contributed by atoms with Crippen LogP contribution in [0.5, 0.6) is 0 Å². The summed E-state index contributed by atoms with van der Waals surface area (Å²) in [7, 11) is 3.74. The largest absolute Gasteiger partial charge is 0.421 e. The third kappa shape index (κ3) is 4.51. The summed E-state index contributed by atoms with van der Waals surface area (Å²) in [5.41, 5.74) is 1.45. The Hall–Kier alpha value is -2.25. The molecule has 1 unspecified atom stereocenters. The number of hydrogen-bond acceptors (Lipinski definition) is 6. The van der Waals surface area contributed by atoms with Gasteiger partial charge in [0, 0.05) is 33.2 Å². The molecule has 3 heterocycles. The third-order valence-electron chi connectivity index (χ3n) is 6.43. The average Bonchev–Trinajstić information content (AvgIpc) is 3.32. The summed E-state index contributed by atoms with van der Waals surface area (Å²) in [6, 6.07) is 10.4. The minimum atomic E-state index is 0.147. The molecule has 1 atom stereocenters. The van der Waals surface area contributed by atoms with E-state index in [0.717, 1.165) is 45.3 Å². The van der Waals surface area contributed by atoms with Crippen LogP contribution in [0.4, 0.5) is 0 Å². The van der Waals surface area contributed by atoms with Gasteiger partial charge < -0.3 is 14.1 Å². The molecule has 2 aliphatic heterocycles. The van der Waals surface area contributed by atoms with Crippen LogP contribution in [0.1, 0.15) is 49.1 Å². The van der Waals surface area contributed by atoms with Crippen molar-refractivity contribution in [3.05, 3.63) is 47.7 Å². The summed E-state index contributed by atoms with van der Waals surface area (Å²) < 4.78 is 10.9. The number of benzene rings is 1. The molecule has 2 fully saturated rings. The van der Waals surface area contributed by atoms with Crippen molar-refractivity contribution < 1.29 is 13.9 Å². The summed E-state index contributed by atoms with van der Waals surface area (Å²) >= 11 is 0. The van der Waals surface area contributed by atoms with Gasteiger partial charge >= 0.3 is 0 Å². The van der Waals surface area contributed by atoms with Crippen molar-refractivity contribution in [3.8, 4) is 0 Å². The number of methoxy groups -OCH3 is 1. The maximum absolute atomic E-state index is 12.7. The predicted octanol–water partition coefficient (Wildman–Crippen LogP) is 2.83. The fourth-order valence-electron chi connectivity index (χ4n) is 4.78. The number of amides is 1. The van der Waals surface area contributed by atoms with Gasteiger partial charge in [-0.05, 0) is 43.7 Å². The Morgan fingerprint density at radius 1 is 1.24 bits per heavy atom. The topological polar surface area (TPSA) is 71.7 Å². The van der Waals surface area contributed by atoms with Gasteiger partial charge in [0.1, 0.15) is 6.61 Å². The number of aryl methyl sites for hydroxylation is 1. The highest BCUT2D eigenvalue weighted by Gasteiger charge is 2.46. The highest BCUT2D eigenvalue weighted by molar-refractivity contribution is 5.76. The first-order valence-electron chi connectivity index (χ1n) is 10.4. The summed E-state index contributed by atoms with van der Waals surface area (Å²) in [5, 5.41) is 8.32. The molecule has 29 heavy (non-hydrogen) atoms. The van der Waals surface area contributed by atoms with Gasteiger partial charge in [-0.1, -0.05) is 30.3 Å². The fraction of sp³-hybridized carbons (Fsp3) is 0.591. The number of aromatic nitrogens is 2. The first kappa shape index (κ1) is 20.0. The highest BCUT2D eigenvalue weighted by atomic mass is 16.5. The molecule has 0 saturated carbocycles. The zero-order valence-electron chi connectivity index (χ0n) is 17.3. The van der Waals surface area contributed by atoms with E-state index in [9.17, 15) is 4.79 Å². The van der Waals surface area contributed by atoms with Gasteiger partial charge in [-0.3, -0.25) is 9.69 Å². The number of carbonyl (C=O) groups is 1. The maximum atomic E-state index is 12.7. The number of likely N-dealkylation sites (tertiary alicyclic amines) is 2. The van der Waals surface area contributed by atoms with E-state index in [2.05, 4.69) is 34.3 Å². The molecule has 156 valence electrons. The minimum Gasteiger partial charge on any atom is -0.421 e. The number of piperidine rings is 1. The molecule has 2 saturated heterocycles. The Balaban J connectivity index is 1.30. The lowest BCUT2D eigenvalue weighted by atomic mass is 9.76. The van der Waals surface area contributed by atoms with Crippen LogP contribution in [-0.2, 0) is 22.6 Å². The number of ether oxygens (including phenoxy) is 1. The van der Waals surface area contributed by atoms with Gasteiger partial charge in [-0.15, -0.1) is 10.2 Å². The first-order chi connectivity index (χ1) is 14.1. The Kier molecular flexibility index (Phi) is 5.96. The van der Waals surface area contributed by atoms with E-state index in [4.69, 9.17) is 9.15 Å². The van der Waals surface area contributed by atoms with Crippen molar-refractivity contribution in [1.82, 2.24) is 20.0 Å². The molecule has 1 spiro atoms. The average molecular weight is 399 g/mol. The minimum absolute atomic E-state index is 0.147. The van der Waals surface area contributed by atoms with Crippen LogP contribution in [0, 0.1) is 5.41 Å². The molecule has 2 aliphatic rings. The summed E-state index contributed by atoms with van der Waals surface area (Å²) in [5.74, 6) is 1.47. The molecule has 1 aromatic heterocycles. The molecule has 7 nitrogen and oxygen atoms in total.